The zero-order valence-electron chi connectivity index (χ0n) is 12.0. The summed E-state index contributed by atoms with van der Waals surface area (Å²) >= 11 is 1.54. The number of allylic oxidation sites excluding steroid dienone is 1. The van der Waals surface area contributed by atoms with Crippen LogP contribution in [0.4, 0.5) is 0 Å². The van der Waals surface area contributed by atoms with Crippen LogP contribution in [-0.2, 0) is 0 Å². The van der Waals surface area contributed by atoms with Crippen molar-refractivity contribution in [2.24, 2.45) is 0 Å². The second-order valence-electron chi connectivity index (χ2n) is 4.88. The molecular weight excluding hydrogens is 312 g/mol. The van der Waals surface area contributed by atoms with Crippen molar-refractivity contribution >= 4 is 23.2 Å². The van der Waals surface area contributed by atoms with Gasteiger partial charge in [-0.2, -0.15) is 0 Å². The number of ether oxygens (including phenoxy) is 2. The smallest absolute Gasteiger partial charge is 0.231 e. The summed E-state index contributed by atoms with van der Waals surface area (Å²) in [5.41, 5.74) is 1.46. The molecular formula is C17H12N2O3S. The van der Waals surface area contributed by atoms with Crippen LogP contribution in [0.25, 0.3) is 11.2 Å². The van der Waals surface area contributed by atoms with E-state index in [4.69, 9.17) is 9.47 Å². The zero-order chi connectivity index (χ0) is 15.6. The maximum Gasteiger partial charge on any atom is 0.231 e. The van der Waals surface area contributed by atoms with Crippen LogP contribution in [0.1, 0.15) is 16.1 Å². The fourth-order valence-electron chi connectivity index (χ4n) is 2.35. The predicted molar refractivity (Wildman–Crippen MR) is 87.4 cm³/mol. The Morgan fingerprint density at radius 3 is 3.04 bits per heavy atom. The fourth-order valence-corrected chi connectivity index (χ4v) is 2.99. The Morgan fingerprint density at radius 2 is 2.17 bits per heavy atom. The van der Waals surface area contributed by atoms with Gasteiger partial charge in [0.15, 0.2) is 22.4 Å². The third-order valence-electron chi connectivity index (χ3n) is 3.47. The Morgan fingerprint density at radius 1 is 1.26 bits per heavy atom. The summed E-state index contributed by atoms with van der Waals surface area (Å²) < 4.78 is 12.5. The van der Waals surface area contributed by atoms with Gasteiger partial charge in [-0.3, -0.25) is 9.36 Å². The first-order valence-electron chi connectivity index (χ1n) is 7.00. The summed E-state index contributed by atoms with van der Waals surface area (Å²) in [7, 11) is 0. The van der Waals surface area contributed by atoms with Gasteiger partial charge >= 0.3 is 0 Å². The molecule has 1 aliphatic rings. The van der Waals surface area contributed by atoms with Gasteiger partial charge in [-0.1, -0.05) is 0 Å². The molecule has 0 N–H and O–H groups in total. The maximum atomic E-state index is 12.3. The van der Waals surface area contributed by atoms with E-state index in [0.29, 0.717) is 17.1 Å². The summed E-state index contributed by atoms with van der Waals surface area (Å²) in [6.07, 6.45) is 7.01. The van der Waals surface area contributed by atoms with E-state index >= 15 is 0 Å². The van der Waals surface area contributed by atoms with Gasteiger partial charge in [-0.05, 0) is 42.5 Å². The van der Waals surface area contributed by atoms with Gasteiger partial charge in [0.1, 0.15) is 0 Å². The number of hydrogen-bond acceptors (Lipinski definition) is 5. The number of fused-ring (bicyclic) bond motifs is 1. The molecule has 1 aromatic carbocycles. The molecule has 6 heteroatoms. The summed E-state index contributed by atoms with van der Waals surface area (Å²) in [6, 6.07) is 9.05. The molecule has 4 rings (SSSR count). The van der Waals surface area contributed by atoms with Crippen LogP contribution in [0.5, 0.6) is 11.5 Å². The molecule has 2 aromatic heterocycles. The topological polar surface area (TPSA) is 53.4 Å². The van der Waals surface area contributed by atoms with E-state index in [-0.39, 0.29) is 12.6 Å². The molecule has 1 aliphatic heterocycles. The van der Waals surface area contributed by atoms with Crippen molar-refractivity contribution in [3.8, 4) is 16.6 Å². The number of nitrogens with zero attached hydrogens (tertiary/aromatic N) is 2. The first-order chi connectivity index (χ1) is 11.3. The van der Waals surface area contributed by atoms with Gasteiger partial charge in [0, 0.05) is 29.0 Å². The second kappa shape index (κ2) is 5.73. The van der Waals surface area contributed by atoms with Crippen LogP contribution < -0.4 is 9.47 Å². The molecule has 0 fully saturated rings. The SMILES string of the molecule is O=C(/C=C/c1cccn1-c1nccs1)c1ccc2c(c1)OCO2. The Kier molecular flexibility index (Phi) is 3.44. The zero-order valence-corrected chi connectivity index (χ0v) is 12.8. The largest absolute Gasteiger partial charge is 0.454 e. The lowest BCUT2D eigenvalue weighted by atomic mass is 10.1. The van der Waals surface area contributed by atoms with Crippen LogP contribution >= 0.6 is 11.3 Å². The lowest BCUT2D eigenvalue weighted by molar-refractivity contribution is 0.104. The first-order valence-corrected chi connectivity index (χ1v) is 7.88. The molecule has 23 heavy (non-hydrogen) atoms. The standard InChI is InChI=1S/C17H12N2O3S/c20-14(12-3-6-15-16(10-12)22-11-21-15)5-4-13-2-1-8-19(13)17-18-7-9-23-17/h1-10H,11H2/b5-4+. The quantitative estimate of drug-likeness (QED) is 0.544. The lowest BCUT2D eigenvalue weighted by Gasteiger charge is -2.01. The highest BCUT2D eigenvalue weighted by atomic mass is 32.1. The van der Waals surface area contributed by atoms with Gasteiger partial charge < -0.3 is 9.47 Å². The molecule has 3 heterocycles. The highest BCUT2D eigenvalue weighted by Gasteiger charge is 2.15. The van der Waals surface area contributed by atoms with E-state index in [9.17, 15) is 4.79 Å². The average molecular weight is 324 g/mol. The van der Waals surface area contributed by atoms with Crippen molar-refractivity contribution in [3.63, 3.8) is 0 Å². The second-order valence-corrected chi connectivity index (χ2v) is 5.76. The fraction of sp³-hybridized carbons (Fsp3) is 0.0588. The Balaban J connectivity index is 1.57. The molecule has 0 spiro atoms. The number of ketones is 1. The first kappa shape index (κ1) is 13.8. The molecule has 0 unspecified atom stereocenters. The summed E-state index contributed by atoms with van der Waals surface area (Å²) in [6.45, 7) is 0.199. The number of benzene rings is 1. The van der Waals surface area contributed by atoms with Crippen molar-refractivity contribution in [3.05, 3.63) is 65.4 Å². The maximum absolute atomic E-state index is 12.3. The molecule has 5 nitrogen and oxygen atoms in total. The van der Waals surface area contributed by atoms with Crippen LogP contribution in [0.3, 0.4) is 0 Å². The molecule has 3 aromatic rings. The molecule has 0 radical (unpaired) electrons. The number of rotatable bonds is 4. The van der Waals surface area contributed by atoms with Crippen LogP contribution in [0.2, 0.25) is 0 Å². The van der Waals surface area contributed by atoms with Crippen molar-refractivity contribution < 1.29 is 14.3 Å². The molecule has 0 aliphatic carbocycles. The number of hydrogen-bond donors (Lipinski definition) is 0. The van der Waals surface area contributed by atoms with E-state index in [1.54, 1.807) is 47.9 Å². The Bertz CT molecular complexity index is 881. The third-order valence-corrected chi connectivity index (χ3v) is 4.24. The van der Waals surface area contributed by atoms with E-state index in [0.717, 1.165) is 10.8 Å². The van der Waals surface area contributed by atoms with E-state index in [1.165, 1.54) is 0 Å². The molecule has 0 amide bonds. The number of thiazole rings is 1. The highest BCUT2D eigenvalue weighted by Crippen LogP contribution is 2.32. The molecule has 114 valence electrons. The minimum absolute atomic E-state index is 0.0878. The van der Waals surface area contributed by atoms with Gasteiger partial charge in [0.2, 0.25) is 6.79 Å². The van der Waals surface area contributed by atoms with Crippen LogP contribution in [-0.4, -0.2) is 22.1 Å². The minimum Gasteiger partial charge on any atom is -0.454 e. The highest BCUT2D eigenvalue weighted by molar-refractivity contribution is 7.12. The summed E-state index contributed by atoms with van der Waals surface area (Å²) in [4.78, 5) is 16.6. The number of aromatic nitrogens is 2. The van der Waals surface area contributed by atoms with Gasteiger partial charge in [-0.15, -0.1) is 11.3 Å². The molecule has 0 bridgehead atoms. The van der Waals surface area contributed by atoms with Crippen LogP contribution in [0.15, 0.2) is 54.2 Å². The number of carbonyl (C=O) groups excluding carboxylic acids is 1. The average Bonchev–Trinajstić information content (AvgIpc) is 3.31. The van der Waals surface area contributed by atoms with Crippen LogP contribution in [0, 0.1) is 0 Å². The Labute approximate surface area is 136 Å². The van der Waals surface area contributed by atoms with Gasteiger partial charge in [-0.25, -0.2) is 4.98 Å². The number of carbonyl (C=O) groups is 1. The van der Waals surface area contributed by atoms with Gasteiger partial charge in [0.25, 0.3) is 0 Å². The lowest BCUT2D eigenvalue weighted by Crippen LogP contribution is -1.96. The Hall–Kier alpha value is -2.86. The summed E-state index contributed by atoms with van der Waals surface area (Å²) in [5, 5.41) is 2.78. The third kappa shape index (κ3) is 2.64. The predicted octanol–water partition coefficient (Wildman–Crippen LogP) is 3.56. The van der Waals surface area contributed by atoms with E-state index in [2.05, 4.69) is 4.98 Å². The molecule has 0 atom stereocenters. The molecule has 0 saturated heterocycles. The van der Waals surface area contributed by atoms with E-state index in [1.807, 2.05) is 28.3 Å². The van der Waals surface area contributed by atoms with E-state index < -0.39 is 0 Å². The minimum atomic E-state index is -0.0878. The van der Waals surface area contributed by atoms with Crippen molar-refractivity contribution in [1.82, 2.24) is 9.55 Å². The van der Waals surface area contributed by atoms with Crippen molar-refractivity contribution in [1.29, 1.82) is 0 Å². The molecule has 0 saturated carbocycles. The van der Waals surface area contributed by atoms with Crippen molar-refractivity contribution in [2.45, 2.75) is 0 Å². The van der Waals surface area contributed by atoms with Crippen molar-refractivity contribution in [2.75, 3.05) is 6.79 Å². The normalized spacial score (nSPS) is 12.9. The van der Waals surface area contributed by atoms with Gasteiger partial charge in [0.05, 0.1) is 0 Å². The summed E-state index contributed by atoms with van der Waals surface area (Å²) in [5.74, 6) is 1.19. The monoisotopic (exact) mass is 324 g/mol.